The van der Waals surface area contributed by atoms with Crippen LogP contribution in [0.5, 0.6) is 0 Å². The molecule has 3 rings (SSSR count). The van der Waals surface area contributed by atoms with Crippen molar-refractivity contribution in [2.24, 2.45) is 0 Å². The summed E-state index contributed by atoms with van der Waals surface area (Å²) < 4.78 is 0. The van der Waals surface area contributed by atoms with E-state index in [2.05, 4.69) is 29.9 Å². The molecule has 0 amide bonds. The van der Waals surface area contributed by atoms with E-state index in [-0.39, 0.29) is 0 Å². The number of hydrogen-bond acceptors (Lipinski definition) is 6. The Hall–Kier alpha value is -2.76. The van der Waals surface area contributed by atoms with Gasteiger partial charge in [0, 0.05) is 18.6 Å². The molecule has 0 aliphatic rings. The number of aromatic nitrogens is 6. The van der Waals surface area contributed by atoms with Crippen molar-refractivity contribution in [2.75, 3.05) is 0 Å². The van der Waals surface area contributed by atoms with E-state index in [4.69, 9.17) is 0 Å². The van der Waals surface area contributed by atoms with Crippen LogP contribution in [0.25, 0.3) is 23.2 Å². The molecule has 0 fully saturated rings. The monoisotopic (exact) mass is 236 g/mol. The Morgan fingerprint density at radius 3 is 2.17 bits per heavy atom. The zero-order valence-corrected chi connectivity index (χ0v) is 9.30. The lowest BCUT2D eigenvalue weighted by Crippen LogP contribution is -1.98. The van der Waals surface area contributed by atoms with E-state index in [0.29, 0.717) is 23.2 Å². The predicted octanol–water partition coefficient (Wildman–Crippen LogP) is 1.39. The summed E-state index contributed by atoms with van der Waals surface area (Å²) in [5.74, 6) is 1.41. The molecule has 18 heavy (non-hydrogen) atoms. The fraction of sp³-hybridized carbons (Fsp3) is 0. The highest BCUT2D eigenvalue weighted by Gasteiger charge is 2.07. The quantitative estimate of drug-likeness (QED) is 0.669. The lowest BCUT2D eigenvalue weighted by molar-refractivity contribution is 1.01. The number of rotatable bonds is 2. The molecule has 0 unspecified atom stereocenters. The average Bonchev–Trinajstić information content (AvgIpc) is 2.49. The predicted molar refractivity (Wildman–Crippen MR) is 64.1 cm³/mol. The topological polar surface area (TPSA) is 77.3 Å². The fourth-order valence-electron chi connectivity index (χ4n) is 1.44. The minimum atomic E-state index is 0.436. The van der Waals surface area contributed by atoms with Gasteiger partial charge in [0.1, 0.15) is 12.0 Å². The van der Waals surface area contributed by atoms with E-state index in [1.807, 2.05) is 18.2 Å². The molecule has 0 aliphatic heterocycles. The maximum absolute atomic E-state index is 4.30. The van der Waals surface area contributed by atoms with Crippen molar-refractivity contribution in [3.63, 3.8) is 0 Å². The van der Waals surface area contributed by atoms with Crippen molar-refractivity contribution in [1.82, 2.24) is 29.9 Å². The van der Waals surface area contributed by atoms with E-state index in [0.717, 1.165) is 0 Å². The second-order valence-electron chi connectivity index (χ2n) is 3.42. The highest BCUT2D eigenvalue weighted by atomic mass is 15.1. The number of nitrogens with zero attached hydrogens (tertiary/aromatic N) is 6. The van der Waals surface area contributed by atoms with Crippen LogP contribution in [0.2, 0.25) is 0 Å². The molecule has 6 nitrogen and oxygen atoms in total. The van der Waals surface area contributed by atoms with Crippen LogP contribution in [-0.2, 0) is 0 Å². The van der Waals surface area contributed by atoms with Crippen molar-refractivity contribution >= 4 is 0 Å². The molecule has 0 aliphatic carbocycles. The average molecular weight is 236 g/mol. The summed E-state index contributed by atoms with van der Waals surface area (Å²) >= 11 is 0. The van der Waals surface area contributed by atoms with Gasteiger partial charge in [-0.1, -0.05) is 6.07 Å². The highest BCUT2D eigenvalue weighted by Crippen LogP contribution is 2.13. The fourth-order valence-corrected chi connectivity index (χ4v) is 1.44. The first-order chi connectivity index (χ1) is 8.93. The molecule has 0 bridgehead atoms. The van der Waals surface area contributed by atoms with Gasteiger partial charge in [-0.25, -0.2) is 24.9 Å². The molecule has 3 heterocycles. The van der Waals surface area contributed by atoms with E-state index in [9.17, 15) is 0 Å². The van der Waals surface area contributed by atoms with Crippen LogP contribution in [0.3, 0.4) is 0 Å². The third kappa shape index (κ3) is 2.03. The van der Waals surface area contributed by atoms with Gasteiger partial charge in [-0.05, 0) is 18.2 Å². The molecule has 6 heteroatoms. The van der Waals surface area contributed by atoms with E-state index in [1.165, 1.54) is 6.33 Å². The van der Waals surface area contributed by atoms with Gasteiger partial charge in [0.25, 0.3) is 0 Å². The molecule has 0 saturated carbocycles. The SMILES string of the molecule is c1ccc(-c2ncnc(-c3ncccn3)n2)nc1. The minimum Gasteiger partial charge on any atom is -0.253 e. The molecule has 3 aromatic rings. The summed E-state index contributed by atoms with van der Waals surface area (Å²) in [7, 11) is 0. The number of pyridine rings is 1. The molecule has 86 valence electrons. The van der Waals surface area contributed by atoms with Crippen LogP contribution in [0.15, 0.2) is 49.2 Å². The summed E-state index contributed by atoms with van der Waals surface area (Å²) in [6, 6.07) is 7.30. The summed E-state index contributed by atoms with van der Waals surface area (Å²) in [5.41, 5.74) is 0.692. The Morgan fingerprint density at radius 2 is 1.39 bits per heavy atom. The second kappa shape index (κ2) is 4.62. The third-order valence-electron chi connectivity index (χ3n) is 2.23. The lowest BCUT2D eigenvalue weighted by Gasteiger charge is -2.00. The van der Waals surface area contributed by atoms with Gasteiger partial charge in [0.15, 0.2) is 11.6 Å². The summed E-state index contributed by atoms with van der Waals surface area (Å²) in [6.45, 7) is 0. The first-order valence-corrected chi connectivity index (χ1v) is 5.31. The normalized spacial score (nSPS) is 10.2. The van der Waals surface area contributed by atoms with Gasteiger partial charge < -0.3 is 0 Å². The Labute approximate surface area is 103 Å². The van der Waals surface area contributed by atoms with Gasteiger partial charge in [-0.3, -0.25) is 4.98 Å². The second-order valence-corrected chi connectivity index (χ2v) is 3.42. The molecular weight excluding hydrogens is 228 g/mol. The van der Waals surface area contributed by atoms with Gasteiger partial charge in [0.05, 0.1) is 0 Å². The first-order valence-electron chi connectivity index (χ1n) is 5.31. The molecule has 0 radical (unpaired) electrons. The van der Waals surface area contributed by atoms with Crippen molar-refractivity contribution in [3.05, 3.63) is 49.2 Å². The lowest BCUT2D eigenvalue weighted by atomic mass is 10.3. The Balaban J connectivity index is 2.05. The molecule has 0 N–H and O–H groups in total. The van der Waals surface area contributed by atoms with Crippen LogP contribution in [-0.4, -0.2) is 29.9 Å². The van der Waals surface area contributed by atoms with Crippen LogP contribution < -0.4 is 0 Å². The smallest absolute Gasteiger partial charge is 0.201 e. The summed E-state index contributed by atoms with van der Waals surface area (Å²) in [6.07, 6.45) is 6.42. The maximum atomic E-state index is 4.30. The van der Waals surface area contributed by atoms with E-state index < -0.39 is 0 Å². The molecular formula is C12H8N6. The molecule has 0 aromatic carbocycles. The van der Waals surface area contributed by atoms with Crippen LogP contribution in [0.1, 0.15) is 0 Å². The molecule has 0 atom stereocenters. The van der Waals surface area contributed by atoms with Crippen molar-refractivity contribution in [1.29, 1.82) is 0 Å². The highest BCUT2D eigenvalue weighted by molar-refractivity contribution is 5.52. The van der Waals surface area contributed by atoms with Crippen molar-refractivity contribution in [3.8, 4) is 23.2 Å². The van der Waals surface area contributed by atoms with Gasteiger partial charge in [0.2, 0.25) is 5.82 Å². The van der Waals surface area contributed by atoms with Gasteiger partial charge in [-0.2, -0.15) is 0 Å². The Morgan fingerprint density at radius 1 is 0.611 bits per heavy atom. The standard InChI is InChI=1S/C12H8N6/c1-2-5-13-9(4-1)10-16-8-17-12(18-10)11-14-6-3-7-15-11/h1-8H. The van der Waals surface area contributed by atoms with Crippen LogP contribution >= 0.6 is 0 Å². The minimum absolute atomic E-state index is 0.436. The van der Waals surface area contributed by atoms with E-state index in [1.54, 1.807) is 24.7 Å². The van der Waals surface area contributed by atoms with Crippen molar-refractivity contribution in [2.45, 2.75) is 0 Å². The van der Waals surface area contributed by atoms with Crippen LogP contribution in [0.4, 0.5) is 0 Å². The first kappa shape index (κ1) is 10.4. The summed E-state index contributed by atoms with van der Waals surface area (Å²) in [5, 5.41) is 0. The number of hydrogen-bond donors (Lipinski definition) is 0. The Kier molecular flexibility index (Phi) is 2.67. The maximum Gasteiger partial charge on any atom is 0.201 e. The van der Waals surface area contributed by atoms with Crippen LogP contribution in [0, 0.1) is 0 Å². The zero-order valence-electron chi connectivity index (χ0n) is 9.30. The Bertz CT molecular complexity index is 586. The molecule has 0 saturated heterocycles. The molecule has 0 spiro atoms. The van der Waals surface area contributed by atoms with Gasteiger partial charge in [-0.15, -0.1) is 0 Å². The van der Waals surface area contributed by atoms with E-state index >= 15 is 0 Å². The summed E-state index contributed by atoms with van der Waals surface area (Å²) in [4.78, 5) is 24.8. The van der Waals surface area contributed by atoms with Gasteiger partial charge >= 0.3 is 0 Å². The third-order valence-corrected chi connectivity index (χ3v) is 2.23. The van der Waals surface area contributed by atoms with Crippen molar-refractivity contribution < 1.29 is 0 Å². The molecule has 3 aromatic heterocycles. The zero-order chi connectivity index (χ0) is 12.2. The largest absolute Gasteiger partial charge is 0.253 e.